The van der Waals surface area contributed by atoms with Gasteiger partial charge in [-0.25, -0.2) is 8.78 Å². The number of benzene rings is 3. The third-order valence-electron chi connectivity index (χ3n) is 7.92. The maximum atomic E-state index is 13.7. The topological polar surface area (TPSA) is 92.7 Å². The van der Waals surface area contributed by atoms with E-state index in [0.29, 0.717) is 41.1 Å². The second-order valence-corrected chi connectivity index (χ2v) is 11.6. The minimum absolute atomic E-state index is 0.00568. The normalized spacial score (nSPS) is 17.2. The molecular formula is C32H27BrF2N4O4. The van der Waals surface area contributed by atoms with E-state index < -0.39 is 23.4 Å². The molecule has 3 heterocycles. The average Bonchev–Trinajstić information content (AvgIpc) is 2.99. The molecule has 1 aromatic heterocycles. The average molecular weight is 649 g/mol. The molecule has 3 aromatic carbocycles. The van der Waals surface area contributed by atoms with E-state index in [-0.39, 0.29) is 28.6 Å². The van der Waals surface area contributed by atoms with Gasteiger partial charge in [0, 0.05) is 59.1 Å². The van der Waals surface area contributed by atoms with Crippen molar-refractivity contribution < 1.29 is 23.1 Å². The van der Waals surface area contributed by atoms with Crippen LogP contribution < -0.4 is 25.8 Å². The van der Waals surface area contributed by atoms with Crippen LogP contribution in [0, 0.1) is 17.6 Å². The summed E-state index contributed by atoms with van der Waals surface area (Å²) in [5.74, 6) is -2.23. The maximum absolute atomic E-state index is 13.7. The van der Waals surface area contributed by atoms with Crippen molar-refractivity contribution in [1.82, 2.24) is 4.57 Å². The first kappa shape index (κ1) is 28.6. The van der Waals surface area contributed by atoms with Gasteiger partial charge in [0.05, 0.1) is 24.0 Å². The second-order valence-electron chi connectivity index (χ2n) is 10.7. The van der Waals surface area contributed by atoms with Gasteiger partial charge in [-0.05, 0) is 82.9 Å². The van der Waals surface area contributed by atoms with Gasteiger partial charge in [-0.1, -0.05) is 6.07 Å². The molecule has 0 aliphatic carbocycles. The van der Waals surface area contributed by atoms with E-state index in [9.17, 15) is 23.2 Å². The van der Waals surface area contributed by atoms with Crippen LogP contribution in [0.2, 0.25) is 0 Å². The molecule has 43 heavy (non-hydrogen) atoms. The van der Waals surface area contributed by atoms with Crippen molar-refractivity contribution >= 4 is 44.8 Å². The summed E-state index contributed by atoms with van der Waals surface area (Å²) in [5.41, 5.74) is 2.75. The molecule has 0 saturated carbocycles. The smallest absolute Gasteiger partial charge is 0.257 e. The fourth-order valence-electron chi connectivity index (χ4n) is 5.92. The number of hydrogen-bond donors (Lipinski definition) is 2. The van der Waals surface area contributed by atoms with Crippen LogP contribution in [0.4, 0.5) is 25.8 Å². The predicted octanol–water partition coefficient (Wildman–Crippen LogP) is 6.03. The first-order valence-electron chi connectivity index (χ1n) is 13.7. The Hall–Kier alpha value is -4.51. The Morgan fingerprint density at radius 1 is 0.907 bits per heavy atom. The van der Waals surface area contributed by atoms with E-state index in [0.717, 1.165) is 29.9 Å². The summed E-state index contributed by atoms with van der Waals surface area (Å²) in [6.07, 6.45) is 0.952. The van der Waals surface area contributed by atoms with Crippen LogP contribution in [-0.4, -0.2) is 36.6 Å². The number of nitrogens with zero attached hydrogens (tertiary/aromatic N) is 2. The minimum Gasteiger partial charge on any atom is -0.497 e. The summed E-state index contributed by atoms with van der Waals surface area (Å²) in [5, 5.41) is 5.56. The fourth-order valence-corrected chi connectivity index (χ4v) is 6.35. The molecular weight excluding hydrogens is 622 g/mol. The Labute approximate surface area is 254 Å². The molecule has 0 spiro atoms. The molecule has 11 heteroatoms. The van der Waals surface area contributed by atoms with Crippen molar-refractivity contribution in [2.75, 3.05) is 35.7 Å². The lowest BCUT2D eigenvalue weighted by atomic mass is 9.83. The molecule has 1 fully saturated rings. The highest BCUT2D eigenvalue weighted by atomic mass is 79.9. The lowest BCUT2D eigenvalue weighted by molar-refractivity contribution is 0.101. The molecule has 4 aromatic rings. The molecule has 2 N–H and O–H groups in total. The third kappa shape index (κ3) is 5.77. The number of anilines is 3. The molecule has 8 nitrogen and oxygen atoms in total. The second kappa shape index (κ2) is 11.6. The summed E-state index contributed by atoms with van der Waals surface area (Å²) >= 11 is 3.43. The molecule has 6 rings (SSSR count). The number of rotatable bonds is 6. The van der Waals surface area contributed by atoms with Crippen molar-refractivity contribution in [3.63, 3.8) is 0 Å². The molecule has 2 atom stereocenters. The first-order chi connectivity index (χ1) is 20.7. The summed E-state index contributed by atoms with van der Waals surface area (Å²) in [7, 11) is 1.51. The van der Waals surface area contributed by atoms with Gasteiger partial charge in [0.1, 0.15) is 5.75 Å². The van der Waals surface area contributed by atoms with Crippen LogP contribution in [0.5, 0.6) is 5.75 Å². The number of halogens is 3. The SMILES string of the molecule is COc1ccc(Br)c(C(=O)Nc2cc(C(=O)Nc3ccc(F)c(F)c3)ccc2N2C[C@H]3C[C@@H](C2)c2cccc(=O)n2C3)c1. The highest BCUT2D eigenvalue weighted by Crippen LogP contribution is 2.39. The number of carbonyl (C=O) groups is 2. The van der Waals surface area contributed by atoms with Crippen LogP contribution in [0.1, 0.15) is 38.7 Å². The number of amides is 2. The number of fused-ring (bicyclic) bond motifs is 4. The predicted molar refractivity (Wildman–Crippen MR) is 163 cm³/mol. The van der Waals surface area contributed by atoms with Gasteiger partial charge in [-0.15, -0.1) is 0 Å². The third-order valence-corrected chi connectivity index (χ3v) is 8.61. The van der Waals surface area contributed by atoms with Gasteiger partial charge in [0.15, 0.2) is 11.6 Å². The lowest BCUT2D eigenvalue weighted by Gasteiger charge is -2.44. The molecule has 2 bridgehead atoms. The molecule has 0 radical (unpaired) electrons. The van der Waals surface area contributed by atoms with Crippen LogP contribution in [0.25, 0.3) is 0 Å². The Balaban J connectivity index is 1.34. The van der Waals surface area contributed by atoms with Crippen molar-refractivity contribution in [3.8, 4) is 5.75 Å². The number of carbonyl (C=O) groups excluding carboxylic acids is 2. The van der Waals surface area contributed by atoms with Gasteiger partial charge in [-0.3, -0.25) is 14.4 Å². The number of methoxy groups -OCH3 is 1. The molecule has 2 amide bonds. The summed E-state index contributed by atoms with van der Waals surface area (Å²) in [6.45, 7) is 1.88. The van der Waals surface area contributed by atoms with Crippen LogP contribution >= 0.6 is 15.9 Å². The lowest BCUT2D eigenvalue weighted by Crippen LogP contribution is -2.47. The first-order valence-corrected chi connectivity index (χ1v) is 14.5. The van der Waals surface area contributed by atoms with E-state index >= 15 is 0 Å². The zero-order valence-corrected chi connectivity index (χ0v) is 24.7. The van der Waals surface area contributed by atoms with Crippen LogP contribution in [0.3, 0.4) is 0 Å². The van der Waals surface area contributed by atoms with Gasteiger partial charge >= 0.3 is 0 Å². The van der Waals surface area contributed by atoms with Crippen molar-refractivity contribution in [3.05, 3.63) is 116 Å². The van der Waals surface area contributed by atoms with Crippen molar-refractivity contribution in [2.24, 2.45) is 5.92 Å². The molecule has 1 saturated heterocycles. The van der Waals surface area contributed by atoms with E-state index in [1.807, 2.05) is 10.6 Å². The van der Waals surface area contributed by atoms with Crippen LogP contribution in [-0.2, 0) is 6.54 Å². The Morgan fingerprint density at radius 3 is 2.53 bits per heavy atom. The number of ether oxygens (including phenoxy) is 1. The minimum atomic E-state index is -1.08. The largest absolute Gasteiger partial charge is 0.497 e. The molecule has 2 aliphatic heterocycles. The Kier molecular flexibility index (Phi) is 7.74. The Bertz CT molecular complexity index is 1810. The van der Waals surface area contributed by atoms with E-state index in [4.69, 9.17) is 4.74 Å². The number of hydrogen-bond acceptors (Lipinski definition) is 5. The number of piperidine rings is 1. The van der Waals surface area contributed by atoms with Gasteiger partial charge in [0.2, 0.25) is 0 Å². The number of aromatic nitrogens is 1. The Morgan fingerprint density at radius 2 is 1.74 bits per heavy atom. The number of nitrogens with one attached hydrogen (secondary N) is 2. The van der Waals surface area contributed by atoms with Gasteiger partial charge in [0.25, 0.3) is 17.4 Å². The maximum Gasteiger partial charge on any atom is 0.257 e. The van der Waals surface area contributed by atoms with Crippen molar-refractivity contribution in [1.29, 1.82) is 0 Å². The van der Waals surface area contributed by atoms with Gasteiger partial charge < -0.3 is 24.8 Å². The van der Waals surface area contributed by atoms with Gasteiger partial charge in [-0.2, -0.15) is 0 Å². The van der Waals surface area contributed by atoms with E-state index in [2.05, 4.69) is 31.5 Å². The van der Waals surface area contributed by atoms with Crippen LogP contribution in [0.15, 0.2) is 82.1 Å². The van der Waals surface area contributed by atoms with E-state index in [1.165, 1.54) is 13.2 Å². The summed E-state index contributed by atoms with van der Waals surface area (Å²) < 4.78 is 34.9. The highest BCUT2D eigenvalue weighted by molar-refractivity contribution is 9.10. The zero-order chi connectivity index (χ0) is 30.2. The fraction of sp³-hybridized carbons (Fsp3) is 0.219. The number of pyridine rings is 1. The molecule has 2 aliphatic rings. The monoisotopic (exact) mass is 648 g/mol. The van der Waals surface area contributed by atoms with E-state index in [1.54, 1.807) is 48.5 Å². The zero-order valence-electron chi connectivity index (χ0n) is 23.1. The molecule has 220 valence electrons. The highest BCUT2D eigenvalue weighted by Gasteiger charge is 2.35. The summed E-state index contributed by atoms with van der Waals surface area (Å²) in [6, 6.07) is 18.5. The standard InChI is InChI=1S/C32H27BrF2N4O4/c1-43-22-7-8-24(33)23(14-22)32(42)37-27-12-19(31(41)36-21-6-9-25(34)26(35)13-21)5-10-29(27)38-15-18-11-20(17-38)28-3-2-4-30(40)39(28)16-18/h2-10,12-14,18,20H,11,15-17H2,1H3,(H,36,41)(H,37,42)/t18-,20+/m1/s1. The molecule has 0 unspecified atom stereocenters. The van der Waals surface area contributed by atoms with Crippen molar-refractivity contribution in [2.45, 2.75) is 18.9 Å². The summed E-state index contributed by atoms with van der Waals surface area (Å²) in [4.78, 5) is 41.4. The quantitative estimate of drug-likeness (QED) is 0.267.